The van der Waals surface area contributed by atoms with Crippen molar-refractivity contribution in [1.82, 2.24) is 19.8 Å². The molecule has 1 aliphatic rings. The van der Waals surface area contributed by atoms with Crippen molar-refractivity contribution in [1.29, 1.82) is 0 Å². The predicted octanol–water partition coefficient (Wildman–Crippen LogP) is 2.52. The number of imidazole rings is 1. The van der Waals surface area contributed by atoms with Crippen LogP contribution in [0.4, 0.5) is 22.4 Å². The number of urea groups is 1. The third kappa shape index (κ3) is 2.73. The first-order valence-electron chi connectivity index (χ1n) is 7.13. The van der Waals surface area contributed by atoms with Gasteiger partial charge < -0.3 is 5.32 Å². The number of halogens is 4. The summed E-state index contributed by atoms with van der Waals surface area (Å²) in [5.41, 5.74) is -2.21. The molecule has 3 rings (SSSR count). The van der Waals surface area contributed by atoms with E-state index in [4.69, 9.17) is 0 Å². The Labute approximate surface area is 139 Å². The van der Waals surface area contributed by atoms with Crippen molar-refractivity contribution in [2.24, 2.45) is 0 Å². The molecule has 1 aromatic carbocycles. The number of rotatable bonds is 4. The molecule has 1 aromatic heterocycles. The highest BCUT2D eigenvalue weighted by Crippen LogP contribution is 2.32. The molecular formula is C15H12F4N4O2. The maximum atomic E-state index is 14.0. The number of nitrogens with zero attached hydrogens (tertiary/aromatic N) is 3. The Balaban J connectivity index is 1.94. The van der Waals surface area contributed by atoms with E-state index in [1.807, 2.05) is 0 Å². The van der Waals surface area contributed by atoms with Gasteiger partial charge in [0.15, 0.2) is 0 Å². The van der Waals surface area contributed by atoms with Crippen LogP contribution in [0.5, 0.6) is 0 Å². The lowest BCUT2D eigenvalue weighted by molar-refractivity contribution is -0.131. The number of imide groups is 1. The molecule has 3 amide bonds. The minimum atomic E-state index is -2.90. The highest BCUT2D eigenvalue weighted by Gasteiger charge is 2.50. The molecule has 0 spiro atoms. The van der Waals surface area contributed by atoms with Gasteiger partial charge in [-0.15, -0.1) is 0 Å². The van der Waals surface area contributed by atoms with Gasteiger partial charge in [0.1, 0.15) is 23.0 Å². The summed E-state index contributed by atoms with van der Waals surface area (Å²) in [4.78, 5) is 29.1. The molecule has 0 radical (unpaired) electrons. The Morgan fingerprint density at radius 1 is 1.28 bits per heavy atom. The fourth-order valence-corrected chi connectivity index (χ4v) is 2.69. The van der Waals surface area contributed by atoms with Gasteiger partial charge in [0.25, 0.3) is 5.91 Å². The summed E-state index contributed by atoms with van der Waals surface area (Å²) >= 11 is 0. The standard InChI is InChI=1S/C15H12F4N4O2/c1-15(9-6-8(16)2-3-10(9)17)12(24)23(14(25)21-15)7-11-20-4-5-22(11)13(18)19/h2-6,13H,7H2,1H3,(H,21,25). The Morgan fingerprint density at radius 3 is 2.68 bits per heavy atom. The predicted molar refractivity (Wildman–Crippen MR) is 76.3 cm³/mol. The fraction of sp³-hybridized carbons (Fsp3) is 0.267. The van der Waals surface area contributed by atoms with E-state index in [-0.39, 0.29) is 11.4 Å². The number of carbonyl (C=O) groups excluding carboxylic acids is 2. The normalized spacial score (nSPS) is 20.5. The molecule has 1 saturated heterocycles. The van der Waals surface area contributed by atoms with Crippen molar-refractivity contribution < 1.29 is 27.2 Å². The molecule has 0 saturated carbocycles. The molecule has 25 heavy (non-hydrogen) atoms. The van der Waals surface area contributed by atoms with Crippen LogP contribution >= 0.6 is 0 Å². The minimum Gasteiger partial charge on any atom is -0.319 e. The molecule has 1 aliphatic heterocycles. The first-order valence-corrected chi connectivity index (χ1v) is 7.13. The van der Waals surface area contributed by atoms with Crippen molar-refractivity contribution in [3.05, 3.63) is 53.6 Å². The Hall–Kier alpha value is -2.91. The van der Waals surface area contributed by atoms with Gasteiger partial charge in [-0.3, -0.25) is 14.3 Å². The van der Waals surface area contributed by atoms with Gasteiger partial charge in [0, 0.05) is 18.0 Å². The number of carbonyl (C=O) groups is 2. The molecule has 6 nitrogen and oxygen atoms in total. The summed E-state index contributed by atoms with van der Waals surface area (Å²) in [6, 6.07) is 1.60. The van der Waals surface area contributed by atoms with Crippen LogP contribution in [-0.2, 0) is 16.9 Å². The van der Waals surface area contributed by atoms with E-state index in [1.165, 1.54) is 6.92 Å². The topological polar surface area (TPSA) is 67.2 Å². The summed E-state index contributed by atoms with van der Waals surface area (Å²) < 4.78 is 53.7. The maximum Gasteiger partial charge on any atom is 0.325 e. The molecule has 1 unspecified atom stereocenters. The molecule has 10 heteroatoms. The van der Waals surface area contributed by atoms with E-state index >= 15 is 0 Å². The highest BCUT2D eigenvalue weighted by molar-refractivity contribution is 6.07. The lowest BCUT2D eigenvalue weighted by atomic mass is 9.91. The van der Waals surface area contributed by atoms with Gasteiger partial charge in [0.05, 0.1) is 6.54 Å². The number of amides is 3. The first kappa shape index (κ1) is 16.9. The van der Waals surface area contributed by atoms with E-state index in [0.29, 0.717) is 9.47 Å². The number of alkyl halides is 2. The average molecular weight is 356 g/mol. The SMILES string of the molecule is CC1(c2cc(F)ccc2F)NC(=O)N(Cc2nccn2C(F)F)C1=O. The third-order valence-corrected chi connectivity index (χ3v) is 4.00. The number of benzene rings is 1. The van der Waals surface area contributed by atoms with Gasteiger partial charge in [-0.05, 0) is 25.1 Å². The van der Waals surface area contributed by atoms with E-state index in [1.54, 1.807) is 0 Å². The zero-order valence-corrected chi connectivity index (χ0v) is 12.8. The monoisotopic (exact) mass is 356 g/mol. The summed E-state index contributed by atoms with van der Waals surface area (Å²) in [5, 5.41) is 2.28. The average Bonchev–Trinajstić information content (AvgIpc) is 3.09. The van der Waals surface area contributed by atoms with Crippen LogP contribution in [0.25, 0.3) is 0 Å². The van der Waals surface area contributed by atoms with Crippen LogP contribution in [0, 0.1) is 11.6 Å². The third-order valence-electron chi connectivity index (χ3n) is 4.00. The van der Waals surface area contributed by atoms with Crippen molar-refractivity contribution in [3.63, 3.8) is 0 Å². The lowest BCUT2D eigenvalue weighted by Crippen LogP contribution is -2.41. The summed E-state index contributed by atoms with van der Waals surface area (Å²) in [6.07, 6.45) is 2.11. The van der Waals surface area contributed by atoms with Gasteiger partial charge in [-0.1, -0.05) is 0 Å². The van der Waals surface area contributed by atoms with Crippen LogP contribution in [0.15, 0.2) is 30.6 Å². The van der Waals surface area contributed by atoms with E-state index in [0.717, 1.165) is 30.6 Å². The van der Waals surface area contributed by atoms with Crippen molar-refractivity contribution >= 4 is 11.9 Å². The quantitative estimate of drug-likeness (QED) is 0.676. The minimum absolute atomic E-state index is 0.220. The van der Waals surface area contributed by atoms with Crippen LogP contribution in [0.3, 0.4) is 0 Å². The number of aromatic nitrogens is 2. The Bertz CT molecular complexity index is 854. The second-order valence-electron chi connectivity index (χ2n) is 5.60. The van der Waals surface area contributed by atoms with Crippen LogP contribution in [0.2, 0.25) is 0 Å². The van der Waals surface area contributed by atoms with Gasteiger partial charge in [-0.25, -0.2) is 18.6 Å². The lowest BCUT2D eigenvalue weighted by Gasteiger charge is -2.22. The molecule has 0 aliphatic carbocycles. The molecule has 132 valence electrons. The largest absolute Gasteiger partial charge is 0.325 e. The molecule has 1 atom stereocenters. The molecular weight excluding hydrogens is 344 g/mol. The van der Waals surface area contributed by atoms with E-state index in [9.17, 15) is 27.2 Å². The molecule has 1 N–H and O–H groups in total. The van der Waals surface area contributed by atoms with Crippen LogP contribution in [0.1, 0.15) is 24.9 Å². The van der Waals surface area contributed by atoms with E-state index < -0.39 is 42.2 Å². The van der Waals surface area contributed by atoms with Crippen molar-refractivity contribution in [2.45, 2.75) is 25.6 Å². The summed E-state index contributed by atoms with van der Waals surface area (Å²) in [5.74, 6) is -2.78. The summed E-state index contributed by atoms with van der Waals surface area (Å²) in [6.45, 7) is -2.22. The summed E-state index contributed by atoms with van der Waals surface area (Å²) in [7, 11) is 0. The number of nitrogens with one attached hydrogen (secondary N) is 1. The second kappa shape index (κ2) is 5.87. The molecule has 1 fully saturated rings. The second-order valence-corrected chi connectivity index (χ2v) is 5.60. The van der Waals surface area contributed by atoms with Gasteiger partial charge in [-0.2, -0.15) is 8.78 Å². The van der Waals surface area contributed by atoms with Gasteiger partial charge >= 0.3 is 12.6 Å². The fourth-order valence-electron chi connectivity index (χ4n) is 2.69. The molecule has 2 aromatic rings. The molecule has 2 heterocycles. The maximum absolute atomic E-state index is 14.0. The van der Waals surface area contributed by atoms with Crippen molar-refractivity contribution in [3.8, 4) is 0 Å². The smallest absolute Gasteiger partial charge is 0.319 e. The van der Waals surface area contributed by atoms with Crippen molar-refractivity contribution in [2.75, 3.05) is 0 Å². The first-order chi connectivity index (χ1) is 11.7. The van der Waals surface area contributed by atoms with Crippen LogP contribution in [-0.4, -0.2) is 26.4 Å². The Kier molecular flexibility index (Phi) is 3.97. The zero-order valence-electron chi connectivity index (χ0n) is 12.8. The molecule has 0 bridgehead atoms. The van der Waals surface area contributed by atoms with E-state index in [2.05, 4.69) is 10.3 Å². The Morgan fingerprint density at radius 2 is 2.00 bits per heavy atom. The number of hydrogen-bond donors (Lipinski definition) is 1. The number of hydrogen-bond acceptors (Lipinski definition) is 3. The zero-order chi connectivity index (χ0) is 18.4. The van der Waals surface area contributed by atoms with Gasteiger partial charge in [0.2, 0.25) is 0 Å². The highest BCUT2D eigenvalue weighted by atomic mass is 19.3. The van der Waals surface area contributed by atoms with Crippen LogP contribution < -0.4 is 5.32 Å².